The number of amides is 1. The van der Waals surface area contributed by atoms with Crippen LogP contribution in [0.4, 0.5) is 4.39 Å². The molecule has 5 heterocycles. The molecule has 3 aromatic rings. The van der Waals surface area contributed by atoms with Crippen molar-refractivity contribution in [1.29, 1.82) is 0 Å². The molecule has 3 aromatic heterocycles. The van der Waals surface area contributed by atoms with Crippen LogP contribution in [-0.4, -0.2) is 49.9 Å². The first-order valence-corrected chi connectivity index (χ1v) is 11.9. The van der Waals surface area contributed by atoms with Gasteiger partial charge >= 0.3 is 0 Å². The van der Waals surface area contributed by atoms with Gasteiger partial charge in [-0.15, -0.1) is 0 Å². The molecule has 1 aliphatic carbocycles. The van der Waals surface area contributed by atoms with Crippen molar-refractivity contribution in [3.63, 3.8) is 0 Å². The maximum absolute atomic E-state index is 16.0. The van der Waals surface area contributed by atoms with Gasteiger partial charge in [0.1, 0.15) is 6.33 Å². The maximum Gasteiger partial charge on any atom is 0.258 e. The molecule has 0 aromatic carbocycles. The Labute approximate surface area is 197 Å². The van der Waals surface area contributed by atoms with Crippen LogP contribution >= 0.6 is 0 Å². The summed E-state index contributed by atoms with van der Waals surface area (Å²) in [6.07, 6.45) is 5.22. The third kappa shape index (κ3) is 3.21. The van der Waals surface area contributed by atoms with Gasteiger partial charge in [0, 0.05) is 55.5 Å². The van der Waals surface area contributed by atoms with E-state index in [4.69, 9.17) is 4.74 Å². The second kappa shape index (κ2) is 7.87. The first-order valence-electron chi connectivity index (χ1n) is 11.9. The fraction of sp³-hybridized carbons (Fsp3) is 0.440. The summed E-state index contributed by atoms with van der Waals surface area (Å²) in [4.78, 5) is 31.3. The molecule has 34 heavy (non-hydrogen) atoms. The van der Waals surface area contributed by atoms with Gasteiger partial charge in [-0.1, -0.05) is 6.92 Å². The SMILES string of the molecule is CC(C)N1CCc2ncnc(Oc3ncc4c(c3F)-c3[nH]c5c(c3CC4)C(=O)NC[C@H]5C)c2C1. The normalized spacial score (nSPS) is 19.2. The average Bonchev–Trinajstić information content (AvgIpc) is 3.24. The van der Waals surface area contributed by atoms with E-state index in [0.717, 1.165) is 41.0 Å². The third-order valence-corrected chi connectivity index (χ3v) is 7.30. The number of H-pyrrole nitrogens is 1. The van der Waals surface area contributed by atoms with Gasteiger partial charge in [-0.25, -0.2) is 19.3 Å². The van der Waals surface area contributed by atoms with Crippen molar-refractivity contribution in [1.82, 2.24) is 30.2 Å². The molecule has 6 rings (SSSR count). The minimum atomic E-state index is -0.533. The summed E-state index contributed by atoms with van der Waals surface area (Å²) in [6.45, 7) is 8.48. The fourth-order valence-corrected chi connectivity index (χ4v) is 5.34. The van der Waals surface area contributed by atoms with Crippen LogP contribution in [0, 0.1) is 5.82 Å². The highest BCUT2D eigenvalue weighted by Gasteiger charge is 2.35. The van der Waals surface area contributed by atoms with Gasteiger partial charge in [0.05, 0.1) is 22.5 Å². The van der Waals surface area contributed by atoms with Crippen molar-refractivity contribution >= 4 is 5.91 Å². The molecule has 0 fully saturated rings. The molecule has 0 radical (unpaired) electrons. The largest absolute Gasteiger partial charge is 0.417 e. The number of halogens is 1. The number of carbonyl (C=O) groups is 1. The molecular formula is C25H27FN6O2. The summed E-state index contributed by atoms with van der Waals surface area (Å²) < 4.78 is 22.0. The third-order valence-electron chi connectivity index (χ3n) is 7.30. The molecule has 0 unspecified atom stereocenters. The number of hydrogen-bond donors (Lipinski definition) is 2. The van der Waals surface area contributed by atoms with Crippen molar-refractivity contribution < 1.29 is 13.9 Å². The minimum Gasteiger partial charge on any atom is -0.417 e. The van der Waals surface area contributed by atoms with E-state index in [-0.39, 0.29) is 17.7 Å². The zero-order valence-corrected chi connectivity index (χ0v) is 19.5. The molecule has 0 spiro atoms. The number of rotatable bonds is 3. The van der Waals surface area contributed by atoms with Crippen molar-refractivity contribution in [2.24, 2.45) is 0 Å². The highest BCUT2D eigenvalue weighted by Crippen LogP contribution is 2.42. The number of aryl methyl sites for hydroxylation is 1. The van der Waals surface area contributed by atoms with Crippen LogP contribution in [0.5, 0.6) is 11.8 Å². The molecule has 0 bridgehead atoms. The second-order valence-corrected chi connectivity index (χ2v) is 9.68. The van der Waals surface area contributed by atoms with Crippen LogP contribution in [0.15, 0.2) is 12.5 Å². The summed E-state index contributed by atoms with van der Waals surface area (Å²) in [5.41, 5.74) is 6.12. The Kier molecular flexibility index (Phi) is 4.91. The average molecular weight is 463 g/mol. The summed E-state index contributed by atoms with van der Waals surface area (Å²) in [6, 6.07) is 0.372. The number of hydrogen-bond acceptors (Lipinski definition) is 6. The van der Waals surface area contributed by atoms with Crippen LogP contribution in [-0.2, 0) is 25.8 Å². The topological polar surface area (TPSA) is 96.0 Å². The first-order chi connectivity index (χ1) is 16.4. The molecule has 0 saturated carbocycles. The standard InChI is InChI=1S/C25H27FN6O2/c1-12(2)32-7-6-17-16(10-32)24(30-11-29-17)34-25-20(26)18-14(9-28-25)4-5-15-19-21(31-22(15)18)13(3)8-27-23(19)33/h9,11-13,31H,4-8,10H2,1-3H3,(H,27,33)/t13-/m1/s1. The lowest BCUT2D eigenvalue weighted by Gasteiger charge is -2.31. The molecule has 176 valence electrons. The predicted molar refractivity (Wildman–Crippen MR) is 123 cm³/mol. The highest BCUT2D eigenvalue weighted by atomic mass is 19.1. The zero-order chi connectivity index (χ0) is 23.6. The fourth-order valence-electron chi connectivity index (χ4n) is 5.34. The van der Waals surface area contributed by atoms with E-state index in [0.29, 0.717) is 54.7 Å². The Hall–Kier alpha value is -3.33. The van der Waals surface area contributed by atoms with Crippen LogP contribution < -0.4 is 10.1 Å². The Bertz CT molecular complexity index is 1320. The van der Waals surface area contributed by atoms with E-state index in [1.807, 2.05) is 0 Å². The number of carbonyl (C=O) groups excluding carboxylic acids is 1. The predicted octanol–water partition coefficient (Wildman–Crippen LogP) is 3.51. The number of aromatic amines is 1. The smallest absolute Gasteiger partial charge is 0.258 e. The molecule has 9 heteroatoms. The molecule has 2 N–H and O–H groups in total. The Balaban J connectivity index is 1.41. The number of ether oxygens (including phenoxy) is 1. The Morgan fingerprint density at radius 3 is 2.79 bits per heavy atom. The molecule has 0 saturated heterocycles. The monoisotopic (exact) mass is 462 g/mol. The van der Waals surface area contributed by atoms with E-state index < -0.39 is 5.82 Å². The number of nitrogens with one attached hydrogen (secondary N) is 2. The lowest BCUT2D eigenvalue weighted by Crippen LogP contribution is -2.36. The molecule has 8 nitrogen and oxygen atoms in total. The zero-order valence-electron chi connectivity index (χ0n) is 19.5. The Morgan fingerprint density at radius 1 is 1.12 bits per heavy atom. The van der Waals surface area contributed by atoms with Crippen LogP contribution in [0.25, 0.3) is 11.3 Å². The molecule has 2 aliphatic heterocycles. The lowest BCUT2D eigenvalue weighted by atomic mass is 9.87. The van der Waals surface area contributed by atoms with E-state index in [2.05, 4.69) is 50.9 Å². The van der Waals surface area contributed by atoms with Crippen LogP contribution in [0.1, 0.15) is 65.1 Å². The van der Waals surface area contributed by atoms with Gasteiger partial charge in [-0.3, -0.25) is 9.69 Å². The lowest BCUT2D eigenvalue weighted by molar-refractivity contribution is 0.0940. The van der Waals surface area contributed by atoms with Gasteiger partial charge in [-0.05, 0) is 37.8 Å². The van der Waals surface area contributed by atoms with Gasteiger partial charge in [0.2, 0.25) is 5.88 Å². The van der Waals surface area contributed by atoms with Crippen molar-refractivity contribution in [3.05, 3.63) is 52.0 Å². The molecule has 3 aliphatic rings. The van der Waals surface area contributed by atoms with E-state index in [1.165, 1.54) is 6.33 Å². The van der Waals surface area contributed by atoms with Crippen molar-refractivity contribution in [2.45, 2.75) is 58.5 Å². The van der Waals surface area contributed by atoms with E-state index in [1.54, 1.807) is 6.20 Å². The second-order valence-electron chi connectivity index (χ2n) is 9.68. The molecular weight excluding hydrogens is 435 g/mol. The van der Waals surface area contributed by atoms with Crippen molar-refractivity contribution in [2.75, 3.05) is 13.1 Å². The summed E-state index contributed by atoms with van der Waals surface area (Å²) in [5, 5.41) is 2.94. The summed E-state index contributed by atoms with van der Waals surface area (Å²) >= 11 is 0. The highest BCUT2D eigenvalue weighted by molar-refractivity contribution is 6.00. The van der Waals surface area contributed by atoms with Crippen LogP contribution in [0.2, 0.25) is 0 Å². The van der Waals surface area contributed by atoms with Gasteiger partial charge < -0.3 is 15.0 Å². The van der Waals surface area contributed by atoms with Crippen molar-refractivity contribution in [3.8, 4) is 23.0 Å². The van der Waals surface area contributed by atoms with Gasteiger partial charge in [0.15, 0.2) is 5.82 Å². The van der Waals surface area contributed by atoms with Gasteiger partial charge in [-0.2, -0.15) is 0 Å². The Morgan fingerprint density at radius 2 is 1.97 bits per heavy atom. The minimum absolute atomic E-state index is 0.0951. The quantitative estimate of drug-likeness (QED) is 0.619. The number of nitrogens with zero attached hydrogens (tertiary/aromatic N) is 4. The maximum atomic E-state index is 16.0. The van der Waals surface area contributed by atoms with E-state index in [9.17, 15) is 4.79 Å². The number of fused-ring (bicyclic) bond motifs is 6. The molecule has 1 atom stereocenters. The summed E-state index contributed by atoms with van der Waals surface area (Å²) in [7, 11) is 0. The van der Waals surface area contributed by atoms with Crippen LogP contribution in [0.3, 0.4) is 0 Å². The summed E-state index contributed by atoms with van der Waals surface area (Å²) in [5.74, 6) is -0.258. The first kappa shape index (κ1) is 21.2. The van der Waals surface area contributed by atoms with E-state index >= 15 is 4.39 Å². The number of pyridine rings is 1. The molecule has 1 amide bonds. The van der Waals surface area contributed by atoms with Gasteiger partial charge in [0.25, 0.3) is 11.8 Å². The number of aromatic nitrogens is 4.